The zero-order valence-electron chi connectivity index (χ0n) is 13.6. The Kier molecular flexibility index (Phi) is 4.83. The van der Waals surface area contributed by atoms with Crippen LogP contribution in [0.3, 0.4) is 0 Å². The van der Waals surface area contributed by atoms with Crippen molar-refractivity contribution in [2.45, 2.75) is 17.4 Å². The monoisotopic (exact) mass is 372 g/mol. The summed E-state index contributed by atoms with van der Waals surface area (Å²) in [6, 6.07) is 14.1. The van der Waals surface area contributed by atoms with Crippen LogP contribution >= 0.6 is 0 Å². The number of rotatable bonds is 6. The van der Waals surface area contributed by atoms with Crippen LogP contribution in [0, 0.1) is 0 Å². The summed E-state index contributed by atoms with van der Waals surface area (Å²) >= 11 is 0. The van der Waals surface area contributed by atoms with Crippen molar-refractivity contribution in [3.05, 3.63) is 66.4 Å². The molecule has 0 fully saturated rings. The summed E-state index contributed by atoms with van der Waals surface area (Å²) in [4.78, 5) is 11.6. The van der Waals surface area contributed by atoms with Crippen LogP contribution < -0.4 is 5.14 Å². The molecule has 1 aromatic heterocycles. The Hall–Kier alpha value is -3.04. The number of aliphatic carboxylic acids is 1. The molecule has 1 heterocycles. The van der Waals surface area contributed by atoms with Crippen molar-refractivity contribution < 1.29 is 18.3 Å². The molecule has 0 amide bonds. The summed E-state index contributed by atoms with van der Waals surface area (Å²) in [5.41, 5.74) is 1.91. The van der Waals surface area contributed by atoms with Crippen LogP contribution in [0.15, 0.2) is 65.7 Å². The van der Waals surface area contributed by atoms with E-state index in [1.54, 1.807) is 12.1 Å². The molecule has 0 spiro atoms. The number of hydrogen-bond donors (Lipinski definition) is 2. The van der Waals surface area contributed by atoms with Gasteiger partial charge in [-0.25, -0.2) is 23.0 Å². The molecule has 0 radical (unpaired) electrons. The lowest BCUT2D eigenvalue weighted by molar-refractivity contribution is -0.141. The molecule has 26 heavy (non-hydrogen) atoms. The first-order valence-corrected chi connectivity index (χ1v) is 9.21. The van der Waals surface area contributed by atoms with Gasteiger partial charge in [-0.3, -0.25) is 0 Å². The Morgan fingerprint density at radius 2 is 1.77 bits per heavy atom. The lowest BCUT2D eigenvalue weighted by atomic mass is 10.1. The summed E-state index contributed by atoms with van der Waals surface area (Å²) in [5, 5.41) is 22.5. The second-order valence-electron chi connectivity index (χ2n) is 5.70. The van der Waals surface area contributed by atoms with Gasteiger partial charge in [0, 0.05) is 12.0 Å². The molecular weight excluding hydrogens is 356 g/mol. The maximum Gasteiger partial charge on any atom is 0.328 e. The zero-order chi connectivity index (χ0) is 18.7. The molecule has 3 aromatic rings. The third kappa shape index (κ3) is 3.95. The fourth-order valence-electron chi connectivity index (χ4n) is 2.51. The van der Waals surface area contributed by atoms with Crippen LogP contribution in [0.4, 0.5) is 0 Å². The average molecular weight is 372 g/mol. The molecule has 3 rings (SSSR count). The van der Waals surface area contributed by atoms with E-state index >= 15 is 0 Å². The molecule has 3 N–H and O–H groups in total. The smallest absolute Gasteiger partial charge is 0.328 e. The molecule has 1 atom stereocenters. The number of primary sulfonamides is 1. The summed E-state index contributed by atoms with van der Waals surface area (Å²) in [5.74, 6) is -1.02. The van der Waals surface area contributed by atoms with Gasteiger partial charge in [0.05, 0.1) is 11.1 Å². The minimum absolute atomic E-state index is 0.0128. The van der Waals surface area contributed by atoms with Crippen LogP contribution in [0.2, 0.25) is 0 Å². The Morgan fingerprint density at radius 1 is 1.12 bits per heavy atom. The Bertz CT molecular complexity index is 1010. The highest BCUT2D eigenvalue weighted by Crippen LogP contribution is 2.21. The van der Waals surface area contributed by atoms with Gasteiger partial charge in [0.1, 0.15) is 5.69 Å². The van der Waals surface area contributed by atoms with E-state index in [9.17, 15) is 18.3 Å². The Labute approximate surface area is 149 Å². The highest BCUT2D eigenvalue weighted by molar-refractivity contribution is 7.89. The maximum atomic E-state index is 11.6. The molecule has 0 saturated heterocycles. The normalized spacial score (nSPS) is 12.7. The van der Waals surface area contributed by atoms with Gasteiger partial charge in [0.2, 0.25) is 10.0 Å². The standard InChI is InChI=1S/C17H16N4O4S/c18-26(24,25)14-8-6-13(7-9-14)15-11-21(20-19-15)16(17(22)23)10-12-4-2-1-3-5-12/h1-9,11,16H,10H2,(H,22,23)(H2,18,24,25). The molecule has 8 nitrogen and oxygen atoms in total. The summed E-state index contributed by atoms with van der Waals surface area (Å²) < 4.78 is 23.9. The highest BCUT2D eigenvalue weighted by Gasteiger charge is 2.22. The van der Waals surface area contributed by atoms with Crippen molar-refractivity contribution in [1.82, 2.24) is 15.0 Å². The molecule has 0 aliphatic heterocycles. The average Bonchev–Trinajstić information content (AvgIpc) is 3.09. The minimum Gasteiger partial charge on any atom is -0.480 e. The van der Waals surface area contributed by atoms with Crippen LogP contribution in [-0.4, -0.2) is 34.5 Å². The van der Waals surface area contributed by atoms with Gasteiger partial charge < -0.3 is 5.11 Å². The number of nitrogens with zero attached hydrogens (tertiary/aromatic N) is 3. The van der Waals surface area contributed by atoms with Gasteiger partial charge in [-0.2, -0.15) is 0 Å². The van der Waals surface area contributed by atoms with Gasteiger partial charge in [-0.1, -0.05) is 47.7 Å². The second-order valence-corrected chi connectivity index (χ2v) is 7.26. The van der Waals surface area contributed by atoms with Crippen LogP contribution in [0.25, 0.3) is 11.3 Å². The third-order valence-corrected chi connectivity index (χ3v) is 4.79. The van der Waals surface area contributed by atoms with Crippen molar-refractivity contribution in [2.75, 3.05) is 0 Å². The number of nitrogens with two attached hydrogens (primary N) is 1. The van der Waals surface area contributed by atoms with Gasteiger partial charge in [-0.05, 0) is 17.7 Å². The van der Waals surface area contributed by atoms with E-state index in [4.69, 9.17) is 5.14 Å². The molecule has 0 saturated carbocycles. The third-order valence-electron chi connectivity index (χ3n) is 3.87. The lowest BCUT2D eigenvalue weighted by Crippen LogP contribution is -2.22. The second kappa shape index (κ2) is 7.06. The first-order valence-electron chi connectivity index (χ1n) is 7.66. The van der Waals surface area contributed by atoms with Crippen molar-refractivity contribution in [3.8, 4) is 11.3 Å². The van der Waals surface area contributed by atoms with E-state index < -0.39 is 22.0 Å². The molecule has 0 aliphatic rings. The zero-order valence-corrected chi connectivity index (χ0v) is 14.4. The van der Waals surface area contributed by atoms with E-state index in [0.29, 0.717) is 11.3 Å². The minimum atomic E-state index is -3.77. The predicted octanol–water partition coefficient (Wildman–Crippen LogP) is 1.46. The number of benzene rings is 2. The Balaban J connectivity index is 1.86. The van der Waals surface area contributed by atoms with Crippen molar-refractivity contribution in [2.24, 2.45) is 5.14 Å². The largest absolute Gasteiger partial charge is 0.480 e. The summed E-state index contributed by atoms with van der Waals surface area (Å²) in [7, 11) is -3.77. The summed E-state index contributed by atoms with van der Waals surface area (Å²) in [6.07, 6.45) is 1.79. The van der Waals surface area contributed by atoms with Crippen molar-refractivity contribution >= 4 is 16.0 Å². The van der Waals surface area contributed by atoms with Gasteiger partial charge in [0.25, 0.3) is 0 Å². The molecule has 9 heteroatoms. The van der Waals surface area contributed by atoms with E-state index in [2.05, 4.69) is 10.3 Å². The van der Waals surface area contributed by atoms with E-state index in [0.717, 1.165) is 5.56 Å². The van der Waals surface area contributed by atoms with Crippen molar-refractivity contribution in [3.63, 3.8) is 0 Å². The molecule has 134 valence electrons. The van der Waals surface area contributed by atoms with Crippen molar-refractivity contribution in [1.29, 1.82) is 0 Å². The van der Waals surface area contributed by atoms with Gasteiger partial charge in [-0.15, -0.1) is 5.10 Å². The van der Waals surface area contributed by atoms with Crippen LogP contribution in [0.5, 0.6) is 0 Å². The number of hydrogen-bond acceptors (Lipinski definition) is 5. The SMILES string of the molecule is NS(=O)(=O)c1ccc(-c2cn(C(Cc3ccccc3)C(=O)O)nn2)cc1. The van der Waals surface area contributed by atoms with Gasteiger partial charge in [0.15, 0.2) is 6.04 Å². The first kappa shape index (κ1) is 17.8. The fourth-order valence-corrected chi connectivity index (χ4v) is 3.02. The number of carboxylic acid groups (broad SMARTS) is 1. The van der Waals surface area contributed by atoms with Gasteiger partial charge >= 0.3 is 5.97 Å². The van der Waals surface area contributed by atoms with Crippen LogP contribution in [0.1, 0.15) is 11.6 Å². The molecule has 0 aliphatic carbocycles. The molecule has 2 aromatic carbocycles. The quantitative estimate of drug-likeness (QED) is 0.674. The van der Waals surface area contributed by atoms with E-state index in [-0.39, 0.29) is 11.3 Å². The first-order chi connectivity index (χ1) is 12.3. The number of carbonyl (C=O) groups is 1. The summed E-state index contributed by atoms with van der Waals surface area (Å²) in [6.45, 7) is 0. The number of carboxylic acids is 1. The number of sulfonamides is 1. The van der Waals surface area contributed by atoms with E-state index in [1.807, 2.05) is 30.3 Å². The fraction of sp³-hybridized carbons (Fsp3) is 0.118. The molecule has 1 unspecified atom stereocenters. The lowest BCUT2D eigenvalue weighted by Gasteiger charge is -2.12. The topological polar surface area (TPSA) is 128 Å². The predicted molar refractivity (Wildman–Crippen MR) is 93.7 cm³/mol. The number of aromatic nitrogens is 3. The molecule has 0 bridgehead atoms. The highest BCUT2D eigenvalue weighted by atomic mass is 32.2. The maximum absolute atomic E-state index is 11.6. The van der Waals surface area contributed by atoms with E-state index in [1.165, 1.54) is 23.0 Å². The Morgan fingerprint density at radius 3 is 2.35 bits per heavy atom. The van der Waals surface area contributed by atoms with Crippen LogP contribution in [-0.2, 0) is 21.2 Å². The molecular formula is C17H16N4O4S.